The standard InChI is InChI=1S/C12H21NO/c1-10(6-8-14-9-7-10)11(2-3-11)12(13)4-5-12/h2-9,13H2,1H3. The number of hydrogen-bond donors (Lipinski definition) is 1. The Balaban J connectivity index is 1.86. The maximum Gasteiger partial charge on any atom is 0.0471 e. The van der Waals surface area contributed by atoms with Gasteiger partial charge in [0.15, 0.2) is 0 Å². The zero-order chi connectivity index (χ0) is 9.86. The van der Waals surface area contributed by atoms with Gasteiger partial charge in [-0.05, 0) is 49.4 Å². The summed E-state index contributed by atoms with van der Waals surface area (Å²) < 4.78 is 5.48. The lowest BCUT2D eigenvalue weighted by Crippen LogP contribution is -2.47. The van der Waals surface area contributed by atoms with E-state index in [9.17, 15) is 0 Å². The molecule has 3 fully saturated rings. The predicted molar refractivity (Wildman–Crippen MR) is 56.0 cm³/mol. The molecular weight excluding hydrogens is 174 g/mol. The lowest BCUT2D eigenvalue weighted by atomic mass is 9.64. The summed E-state index contributed by atoms with van der Waals surface area (Å²) in [6.45, 7) is 4.36. The summed E-state index contributed by atoms with van der Waals surface area (Å²) in [4.78, 5) is 0. The Bertz CT molecular complexity index is 247. The molecule has 0 amide bonds. The highest BCUT2D eigenvalue weighted by Crippen LogP contribution is 2.72. The minimum atomic E-state index is 0.221. The average Bonchev–Trinajstić information content (AvgIpc) is 2.98. The quantitative estimate of drug-likeness (QED) is 0.732. The van der Waals surface area contributed by atoms with E-state index in [-0.39, 0.29) is 5.54 Å². The fourth-order valence-corrected chi connectivity index (χ4v) is 3.74. The van der Waals surface area contributed by atoms with E-state index < -0.39 is 0 Å². The third kappa shape index (κ3) is 0.989. The molecular formula is C12H21NO. The van der Waals surface area contributed by atoms with E-state index in [2.05, 4.69) is 6.92 Å². The van der Waals surface area contributed by atoms with Crippen molar-refractivity contribution in [2.75, 3.05) is 13.2 Å². The second kappa shape index (κ2) is 2.53. The summed E-state index contributed by atoms with van der Waals surface area (Å²) in [5.74, 6) is 0. The molecule has 2 aliphatic carbocycles. The minimum absolute atomic E-state index is 0.221. The highest BCUT2D eigenvalue weighted by atomic mass is 16.5. The Labute approximate surface area is 86.2 Å². The molecule has 0 aromatic heterocycles. The van der Waals surface area contributed by atoms with Crippen molar-refractivity contribution in [2.24, 2.45) is 16.6 Å². The summed E-state index contributed by atoms with van der Waals surface area (Å²) in [6, 6.07) is 0. The van der Waals surface area contributed by atoms with Crippen LogP contribution in [0.25, 0.3) is 0 Å². The van der Waals surface area contributed by atoms with Crippen LogP contribution in [0, 0.1) is 10.8 Å². The number of nitrogens with two attached hydrogens (primary N) is 1. The summed E-state index contributed by atoms with van der Waals surface area (Å²) in [7, 11) is 0. The lowest BCUT2D eigenvalue weighted by molar-refractivity contribution is -0.0284. The van der Waals surface area contributed by atoms with Crippen molar-refractivity contribution in [3.05, 3.63) is 0 Å². The van der Waals surface area contributed by atoms with E-state index in [1.807, 2.05) is 0 Å². The Morgan fingerprint density at radius 3 is 1.93 bits per heavy atom. The SMILES string of the molecule is CC1(C2(C3(N)CC3)CC2)CCOCC1. The van der Waals surface area contributed by atoms with Crippen LogP contribution in [0.1, 0.15) is 45.4 Å². The van der Waals surface area contributed by atoms with Gasteiger partial charge in [0, 0.05) is 18.8 Å². The largest absolute Gasteiger partial charge is 0.381 e. The topological polar surface area (TPSA) is 35.2 Å². The summed E-state index contributed by atoms with van der Waals surface area (Å²) >= 11 is 0. The monoisotopic (exact) mass is 195 g/mol. The van der Waals surface area contributed by atoms with Gasteiger partial charge in [-0.15, -0.1) is 0 Å². The maximum absolute atomic E-state index is 6.46. The van der Waals surface area contributed by atoms with E-state index in [0.29, 0.717) is 10.8 Å². The molecule has 1 saturated heterocycles. The molecule has 0 atom stereocenters. The number of rotatable bonds is 2. The van der Waals surface area contributed by atoms with E-state index >= 15 is 0 Å². The van der Waals surface area contributed by atoms with Crippen LogP contribution in [0.2, 0.25) is 0 Å². The molecule has 1 aliphatic heterocycles. The van der Waals surface area contributed by atoms with E-state index in [4.69, 9.17) is 10.5 Å². The highest BCUT2D eigenvalue weighted by Gasteiger charge is 2.70. The van der Waals surface area contributed by atoms with E-state index in [0.717, 1.165) is 13.2 Å². The molecule has 0 aromatic rings. The molecule has 3 rings (SSSR count). The van der Waals surface area contributed by atoms with Gasteiger partial charge < -0.3 is 10.5 Å². The van der Waals surface area contributed by atoms with Crippen molar-refractivity contribution in [2.45, 2.75) is 51.0 Å². The van der Waals surface area contributed by atoms with Gasteiger partial charge in [0.2, 0.25) is 0 Å². The average molecular weight is 195 g/mol. The second-order valence-corrected chi connectivity index (χ2v) is 5.91. The van der Waals surface area contributed by atoms with Crippen LogP contribution in [0.15, 0.2) is 0 Å². The van der Waals surface area contributed by atoms with Crippen LogP contribution < -0.4 is 5.73 Å². The van der Waals surface area contributed by atoms with Crippen LogP contribution in [0.3, 0.4) is 0 Å². The Kier molecular flexibility index (Phi) is 1.66. The molecule has 2 heteroatoms. The first-order valence-corrected chi connectivity index (χ1v) is 5.99. The molecule has 2 nitrogen and oxygen atoms in total. The van der Waals surface area contributed by atoms with Crippen LogP contribution in [-0.4, -0.2) is 18.8 Å². The molecule has 0 unspecified atom stereocenters. The van der Waals surface area contributed by atoms with Crippen molar-refractivity contribution in [1.29, 1.82) is 0 Å². The second-order valence-electron chi connectivity index (χ2n) is 5.91. The zero-order valence-electron chi connectivity index (χ0n) is 9.14. The summed E-state index contributed by atoms with van der Waals surface area (Å²) in [6.07, 6.45) is 7.74. The zero-order valence-corrected chi connectivity index (χ0v) is 9.14. The van der Waals surface area contributed by atoms with Gasteiger partial charge in [-0.25, -0.2) is 0 Å². The van der Waals surface area contributed by atoms with Gasteiger partial charge >= 0.3 is 0 Å². The third-order valence-corrected chi connectivity index (χ3v) is 5.24. The fourth-order valence-electron chi connectivity index (χ4n) is 3.74. The molecule has 0 spiro atoms. The first-order chi connectivity index (χ1) is 6.62. The van der Waals surface area contributed by atoms with Crippen LogP contribution >= 0.6 is 0 Å². The first kappa shape index (κ1) is 9.17. The third-order valence-electron chi connectivity index (χ3n) is 5.24. The minimum Gasteiger partial charge on any atom is -0.381 e. The molecule has 3 aliphatic rings. The molecule has 1 heterocycles. The molecule has 2 N–H and O–H groups in total. The maximum atomic E-state index is 6.46. The fraction of sp³-hybridized carbons (Fsp3) is 1.00. The molecule has 80 valence electrons. The van der Waals surface area contributed by atoms with Crippen molar-refractivity contribution in [3.63, 3.8) is 0 Å². The molecule has 0 bridgehead atoms. The van der Waals surface area contributed by atoms with Crippen molar-refractivity contribution in [3.8, 4) is 0 Å². The Morgan fingerprint density at radius 2 is 1.50 bits per heavy atom. The molecule has 0 aromatic carbocycles. The van der Waals surface area contributed by atoms with E-state index in [1.54, 1.807) is 0 Å². The van der Waals surface area contributed by atoms with Crippen molar-refractivity contribution in [1.82, 2.24) is 0 Å². The highest BCUT2D eigenvalue weighted by molar-refractivity contribution is 5.24. The van der Waals surface area contributed by atoms with Gasteiger partial charge in [-0.2, -0.15) is 0 Å². The predicted octanol–water partition coefficient (Wildman–Crippen LogP) is 2.07. The Morgan fingerprint density at radius 1 is 0.929 bits per heavy atom. The Hall–Kier alpha value is -0.0800. The normalized spacial score (nSPS) is 36.4. The summed E-state index contributed by atoms with van der Waals surface area (Å²) in [5.41, 5.74) is 7.67. The van der Waals surface area contributed by atoms with Crippen LogP contribution in [-0.2, 0) is 4.74 Å². The van der Waals surface area contributed by atoms with Gasteiger partial charge in [-0.1, -0.05) is 6.92 Å². The first-order valence-electron chi connectivity index (χ1n) is 5.99. The van der Waals surface area contributed by atoms with Gasteiger partial charge in [0.05, 0.1) is 0 Å². The van der Waals surface area contributed by atoms with Crippen molar-refractivity contribution >= 4 is 0 Å². The van der Waals surface area contributed by atoms with Gasteiger partial charge in [0.1, 0.15) is 0 Å². The van der Waals surface area contributed by atoms with Crippen molar-refractivity contribution < 1.29 is 4.74 Å². The smallest absolute Gasteiger partial charge is 0.0471 e. The molecule has 0 radical (unpaired) electrons. The van der Waals surface area contributed by atoms with E-state index in [1.165, 1.54) is 38.5 Å². The molecule has 14 heavy (non-hydrogen) atoms. The molecule has 2 saturated carbocycles. The van der Waals surface area contributed by atoms with Crippen LogP contribution in [0.5, 0.6) is 0 Å². The van der Waals surface area contributed by atoms with Crippen LogP contribution in [0.4, 0.5) is 0 Å². The van der Waals surface area contributed by atoms with Gasteiger partial charge in [-0.3, -0.25) is 0 Å². The summed E-state index contributed by atoms with van der Waals surface area (Å²) in [5, 5.41) is 0. The number of hydrogen-bond acceptors (Lipinski definition) is 2. The van der Waals surface area contributed by atoms with Gasteiger partial charge in [0.25, 0.3) is 0 Å². The number of ether oxygens (including phenoxy) is 1. The lowest BCUT2D eigenvalue weighted by Gasteiger charge is -2.44.